The van der Waals surface area contributed by atoms with Gasteiger partial charge in [-0.3, -0.25) is 24.2 Å². The van der Waals surface area contributed by atoms with Gasteiger partial charge in [-0.15, -0.1) is 0 Å². The monoisotopic (exact) mass is 462 g/mol. The number of carbonyl (C=O) groups is 3. The zero-order valence-electron chi connectivity index (χ0n) is 19.9. The van der Waals surface area contributed by atoms with Gasteiger partial charge in [0.15, 0.2) is 5.78 Å². The van der Waals surface area contributed by atoms with Crippen molar-refractivity contribution >= 4 is 23.3 Å². The summed E-state index contributed by atoms with van der Waals surface area (Å²) < 4.78 is 0. The molecule has 2 heterocycles. The predicted molar refractivity (Wildman–Crippen MR) is 133 cm³/mol. The molecule has 2 aromatic carbocycles. The molecule has 0 unspecified atom stereocenters. The first-order valence-electron chi connectivity index (χ1n) is 12.3. The average Bonchev–Trinajstić information content (AvgIpc) is 3.31. The number of anilines is 1. The van der Waals surface area contributed by atoms with E-state index in [1.807, 2.05) is 42.2 Å². The van der Waals surface area contributed by atoms with E-state index in [9.17, 15) is 14.4 Å². The minimum Gasteiger partial charge on any atom is -0.342 e. The van der Waals surface area contributed by atoms with Gasteiger partial charge in [0, 0.05) is 43.9 Å². The zero-order valence-corrected chi connectivity index (χ0v) is 19.9. The number of amides is 2. The van der Waals surface area contributed by atoms with Crippen molar-refractivity contribution in [3.05, 3.63) is 65.7 Å². The van der Waals surface area contributed by atoms with Gasteiger partial charge in [-0.25, -0.2) is 0 Å². The molecule has 7 nitrogen and oxygen atoms in total. The highest BCUT2D eigenvalue weighted by Crippen LogP contribution is 2.20. The number of rotatable bonds is 7. The lowest BCUT2D eigenvalue weighted by atomic mass is 10.0. The maximum atomic E-state index is 13.1. The standard InChI is InChI=1S/C27H34N4O3/c1-21(30-17-9-14-29(18-19-30)20-25(32)31-15-7-8-16-31)27(34)28-24-13-6-5-12-23(24)26(33)22-10-3-2-4-11-22/h2-6,10-13,21H,7-9,14-20H2,1H3,(H,28,34)/t21-/m1/s1. The normalized spacial score (nSPS) is 18.3. The van der Waals surface area contributed by atoms with Gasteiger partial charge in [-0.1, -0.05) is 42.5 Å². The maximum Gasteiger partial charge on any atom is 0.241 e. The highest BCUT2D eigenvalue weighted by atomic mass is 16.2. The molecule has 1 atom stereocenters. The maximum absolute atomic E-state index is 13.1. The van der Waals surface area contributed by atoms with Crippen molar-refractivity contribution in [2.75, 3.05) is 51.1 Å². The number of benzene rings is 2. The lowest BCUT2D eigenvalue weighted by Gasteiger charge is -2.27. The van der Waals surface area contributed by atoms with Crippen molar-refractivity contribution in [2.45, 2.75) is 32.2 Å². The van der Waals surface area contributed by atoms with E-state index < -0.39 is 0 Å². The molecular formula is C27H34N4O3. The highest BCUT2D eigenvalue weighted by Gasteiger charge is 2.27. The van der Waals surface area contributed by atoms with Crippen LogP contribution in [0.2, 0.25) is 0 Å². The van der Waals surface area contributed by atoms with Crippen LogP contribution in [-0.2, 0) is 9.59 Å². The minimum atomic E-state index is -0.339. The van der Waals surface area contributed by atoms with Crippen molar-refractivity contribution in [3.8, 4) is 0 Å². The largest absolute Gasteiger partial charge is 0.342 e. The van der Waals surface area contributed by atoms with E-state index in [0.717, 1.165) is 58.5 Å². The molecule has 2 aliphatic heterocycles. The molecule has 2 fully saturated rings. The van der Waals surface area contributed by atoms with E-state index >= 15 is 0 Å². The van der Waals surface area contributed by atoms with E-state index in [1.54, 1.807) is 24.3 Å². The number of nitrogens with one attached hydrogen (secondary N) is 1. The van der Waals surface area contributed by atoms with Gasteiger partial charge < -0.3 is 10.2 Å². The molecule has 0 radical (unpaired) electrons. The second-order valence-electron chi connectivity index (χ2n) is 9.16. The molecule has 2 aliphatic rings. The van der Waals surface area contributed by atoms with Gasteiger partial charge in [0.1, 0.15) is 0 Å². The Morgan fingerprint density at radius 3 is 2.29 bits per heavy atom. The summed E-state index contributed by atoms with van der Waals surface area (Å²) in [5.41, 5.74) is 1.60. The van der Waals surface area contributed by atoms with Crippen LogP contribution in [-0.4, -0.2) is 84.2 Å². The molecule has 2 aromatic rings. The fourth-order valence-corrected chi connectivity index (χ4v) is 4.73. The predicted octanol–water partition coefficient (Wildman–Crippen LogP) is 2.87. The summed E-state index contributed by atoms with van der Waals surface area (Å²) in [5, 5.41) is 2.98. The Hall–Kier alpha value is -3.03. The summed E-state index contributed by atoms with van der Waals surface area (Å²) in [6.45, 7) is 7.28. The van der Waals surface area contributed by atoms with Crippen molar-refractivity contribution in [1.82, 2.24) is 14.7 Å². The molecular weight excluding hydrogens is 428 g/mol. The molecule has 4 rings (SSSR count). The minimum absolute atomic E-state index is 0.114. The Morgan fingerprint density at radius 2 is 1.53 bits per heavy atom. The number of carbonyl (C=O) groups excluding carboxylic acids is 3. The van der Waals surface area contributed by atoms with Crippen LogP contribution in [0.5, 0.6) is 0 Å². The number of hydrogen-bond donors (Lipinski definition) is 1. The third-order valence-electron chi connectivity index (χ3n) is 6.83. The van der Waals surface area contributed by atoms with Gasteiger partial charge in [-0.05, 0) is 44.9 Å². The Morgan fingerprint density at radius 1 is 0.824 bits per heavy atom. The smallest absolute Gasteiger partial charge is 0.241 e. The Labute approximate surface area is 201 Å². The summed E-state index contributed by atoms with van der Waals surface area (Å²) >= 11 is 0. The van der Waals surface area contributed by atoms with Crippen LogP contribution in [0.15, 0.2) is 54.6 Å². The molecule has 0 spiro atoms. The number of ketones is 1. The van der Waals surface area contributed by atoms with Crippen LogP contribution in [0, 0.1) is 0 Å². The molecule has 0 saturated carbocycles. The van der Waals surface area contributed by atoms with E-state index in [0.29, 0.717) is 23.4 Å². The molecule has 0 aromatic heterocycles. The molecule has 0 aliphatic carbocycles. The summed E-state index contributed by atoms with van der Waals surface area (Å²) in [4.78, 5) is 45.0. The number of likely N-dealkylation sites (tertiary alicyclic amines) is 1. The molecule has 34 heavy (non-hydrogen) atoms. The van der Waals surface area contributed by atoms with Crippen molar-refractivity contribution in [3.63, 3.8) is 0 Å². The average molecular weight is 463 g/mol. The van der Waals surface area contributed by atoms with E-state index in [2.05, 4.69) is 15.1 Å². The van der Waals surface area contributed by atoms with Gasteiger partial charge in [-0.2, -0.15) is 0 Å². The van der Waals surface area contributed by atoms with Crippen molar-refractivity contribution in [1.29, 1.82) is 0 Å². The van der Waals surface area contributed by atoms with Crippen LogP contribution >= 0.6 is 0 Å². The van der Waals surface area contributed by atoms with E-state index in [4.69, 9.17) is 0 Å². The van der Waals surface area contributed by atoms with Crippen LogP contribution in [0.25, 0.3) is 0 Å². The van der Waals surface area contributed by atoms with Crippen molar-refractivity contribution < 1.29 is 14.4 Å². The van der Waals surface area contributed by atoms with Crippen LogP contribution in [0.4, 0.5) is 5.69 Å². The van der Waals surface area contributed by atoms with Gasteiger partial charge in [0.2, 0.25) is 11.8 Å². The van der Waals surface area contributed by atoms with Gasteiger partial charge in [0.25, 0.3) is 0 Å². The molecule has 0 bridgehead atoms. The Bertz CT molecular complexity index is 1000. The molecule has 180 valence electrons. The fraction of sp³-hybridized carbons (Fsp3) is 0.444. The number of hydrogen-bond acceptors (Lipinski definition) is 5. The van der Waals surface area contributed by atoms with Crippen LogP contribution < -0.4 is 5.32 Å². The van der Waals surface area contributed by atoms with Crippen LogP contribution in [0.3, 0.4) is 0 Å². The van der Waals surface area contributed by atoms with Gasteiger partial charge >= 0.3 is 0 Å². The zero-order chi connectivity index (χ0) is 23.9. The number of para-hydroxylation sites is 1. The lowest BCUT2D eigenvalue weighted by Crippen LogP contribution is -2.45. The molecule has 1 N–H and O–H groups in total. The second kappa shape index (κ2) is 11.4. The lowest BCUT2D eigenvalue weighted by molar-refractivity contribution is -0.131. The first-order chi connectivity index (χ1) is 16.5. The summed E-state index contributed by atoms with van der Waals surface area (Å²) in [7, 11) is 0. The van der Waals surface area contributed by atoms with E-state index in [-0.39, 0.29) is 23.6 Å². The third kappa shape index (κ3) is 5.90. The Balaban J connectivity index is 1.35. The molecule has 2 amide bonds. The summed E-state index contributed by atoms with van der Waals surface area (Å²) in [6.07, 6.45) is 3.12. The SMILES string of the molecule is C[C@H](C(=O)Nc1ccccc1C(=O)c1ccccc1)N1CCCN(CC(=O)N2CCCC2)CC1. The third-order valence-corrected chi connectivity index (χ3v) is 6.83. The first-order valence-corrected chi connectivity index (χ1v) is 12.3. The van der Waals surface area contributed by atoms with Crippen molar-refractivity contribution in [2.24, 2.45) is 0 Å². The molecule has 2 saturated heterocycles. The topological polar surface area (TPSA) is 73.0 Å². The second-order valence-corrected chi connectivity index (χ2v) is 9.16. The molecule has 7 heteroatoms. The fourth-order valence-electron chi connectivity index (χ4n) is 4.73. The van der Waals surface area contributed by atoms with Gasteiger partial charge in [0.05, 0.1) is 18.3 Å². The van der Waals surface area contributed by atoms with E-state index in [1.165, 1.54) is 0 Å². The first kappa shape index (κ1) is 24.1. The summed E-state index contributed by atoms with van der Waals surface area (Å²) in [6, 6.07) is 15.9. The highest BCUT2D eigenvalue weighted by molar-refractivity contribution is 6.14. The number of nitrogens with zero attached hydrogens (tertiary/aromatic N) is 3. The van der Waals surface area contributed by atoms with Crippen LogP contribution in [0.1, 0.15) is 42.1 Å². The summed E-state index contributed by atoms with van der Waals surface area (Å²) in [5.74, 6) is -0.0245. The quantitative estimate of drug-likeness (QED) is 0.641. The Kier molecular flexibility index (Phi) is 8.08.